The number of benzene rings is 1. The smallest absolute Gasteiger partial charge is 0.353 e. The van der Waals surface area contributed by atoms with Gasteiger partial charge in [-0.05, 0) is 17.7 Å². The molecule has 1 aliphatic rings. The van der Waals surface area contributed by atoms with Crippen molar-refractivity contribution in [1.82, 2.24) is 0 Å². The summed E-state index contributed by atoms with van der Waals surface area (Å²) >= 11 is 0. The van der Waals surface area contributed by atoms with E-state index >= 15 is 0 Å². The van der Waals surface area contributed by atoms with Gasteiger partial charge in [0.25, 0.3) is 0 Å². The monoisotopic (exact) mass is 278 g/mol. The van der Waals surface area contributed by atoms with E-state index < -0.39 is 27.0 Å². The third kappa shape index (κ3) is 2.56. The van der Waals surface area contributed by atoms with Gasteiger partial charge in [-0.15, -0.1) is 0 Å². The molecular formula is C12H10N2O6. The predicted octanol–water partition coefficient (Wildman–Crippen LogP) is 1.53. The molecule has 0 radical (unpaired) electrons. The Balaban J connectivity index is 2.56. The van der Waals surface area contributed by atoms with Crippen LogP contribution < -0.4 is 0 Å². The van der Waals surface area contributed by atoms with E-state index in [9.17, 15) is 30.4 Å². The molecule has 0 unspecified atom stereocenters. The summed E-state index contributed by atoms with van der Waals surface area (Å²) in [6, 6.07) is 3.77. The van der Waals surface area contributed by atoms with Crippen molar-refractivity contribution in [3.05, 3.63) is 62.2 Å². The molecule has 104 valence electrons. The zero-order chi connectivity index (χ0) is 14.9. The molecule has 1 aromatic rings. The minimum absolute atomic E-state index is 0.0657. The zero-order valence-electron chi connectivity index (χ0n) is 10.1. The van der Waals surface area contributed by atoms with Crippen LogP contribution in [0.1, 0.15) is 12.0 Å². The number of rotatable bonds is 3. The van der Waals surface area contributed by atoms with Crippen LogP contribution in [-0.2, 0) is 0 Å². The van der Waals surface area contributed by atoms with Gasteiger partial charge in [-0.2, -0.15) is 0 Å². The Morgan fingerprint density at radius 3 is 2.35 bits per heavy atom. The van der Waals surface area contributed by atoms with E-state index in [4.69, 9.17) is 0 Å². The third-order valence-electron chi connectivity index (χ3n) is 2.86. The highest BCUT2D eigenvalue weighted by Crippen LogP contribution is 2.37. The van der Waals surface area contributed by atoms with Gasteiger partial charge in [0, 0.05) is 12.5 Å². The molecule has 0 fully saturated rings. The molecule has 1 aromatic carbocycles. The van der Waals surface area contributed by atoms with Crippen LogP contribution >= 0.6 is 0 Å². The second-order valence-electron chi connectivity index (χ2n) is 4.26. The molecule has 8 nitrogen and oxygen atoms in total. The van der Waals surface area contributed by atoms with E-state index in [0.717, 1.165) is 12.1 Å². The van der Waals surface area contributed by atoms with Crippen LogP contribution in [0.5, 0.6) is 0 Å². The van der Waals surface area contributed by atoms with Crippen molar-refractivity contribution in [1.29, 1.82) is 0 Å². The van der Waals surface area contributed by atoms with Gasteiger partial charge >= 0.3 is 11.4 Å². The highest BCUT2D eigenvalue weighted by atomic mass is 16.6. The lowest BCUT2D eigenvalue weighted by atomic mass is 9.95. The third-order valence-corrected chi connectivity index (χ3v) is 2.86. The number of hydrogen-bond acceptors (Lipinski definition) is 6. The number of nitrogens with zero attached hydrogens (tertiary/aromatic N) is 2. The lowest BCUT2D eigenvalue weighted by Gasteiger charge is -2.19. The maximum absolute atomic E-state index is 11.1. The molecule has 0 saturated carbocycles. The van der Waals surface area contributed by atoms with Crippen LogP contribution in [0.25, 0.3) is 5.57 Å². The largest absolute Gasteiger partial charge is 0.362 e. The van der Waals surface area contributed by atoms with Crippen molar-refractivity contribution in [2.45, 2.75) is 12.2 Å². The lowest BCUT2D eigenvalue weighted by molar-refractivity contribution is -0.422. The molecule has 0 atom stereocenters. The Labute approximate surface area is 112 Å². The quantitative estimate of drug-likeness (QED) is 0.490. The molecule has 1 aliphatic carbocycles. The fourth-order valence-electron chi connectivity index (χ4n) is 1.92. The average Bonchev–Trinajstić information content (AvgIpc) is 2.37. The van der Waals surface area contributed by atoms with Crippen LogP contribution in [0.3, 0.4) is 0 Å². The summed E-state index contributed by atoms with van der Waals surface area (Å²) in [5, 5.41) is 40.6. The minimum Gasteiger partial charge on any atom is -0.362 e. The molecule has 0 heterocycles. The normalized spacial score (nSPS) is 16.6. The maximum Gasteiger partial charge on any atom is 0.353 e. The second-order valence-corrected chi connectivity index (χ2v) is 4.26. The van der Waals surface area contributed by atoms with Crippen molar-refractivity contribution in [3.8, 4) is 0 Å². The van der Waals surface area contributed by atoms with Crippen molar-refractivity contribution >= 4 is 16.9 Å². The first kappa shape index (κ1) is 13.8. The van der Waals surface area contributed by atoms with Crippen LogP contribution in [0, 0.1) is 20.2 Å². The topological polar surface area (TPSA) is 127 Å². The van der Waals surface area contributed by atoms with Gasteiger partial charge in [0.1, 0.15) is 0 Å². The van der Waals surface area contributed by atoms with Gasteiger partial charge in [-0.1, -0.05) is 18.2 Å². The first-order valence-corrected chi connectivity index (χ1v) is 5.58. The molecule has 0 bridgehead atoms. The Hall–Kier alpha value is -2.58. The van der Waals surface area contributed by atoms with Gasteiger partial charge in [-0.25, -0.2) is 0 Å². The molecule has 8 heteroatoms. The van der Waals surface area contributed by atoms with E-state index in [1.54, 1.807) is 0 Å². The van der Waals surface area contributed by atoms with E-state index in [1.165, 1.54) is 24.3 Å². The molecule has 0 saturated heterocycles. The fourth-order valence-corrected chi connectivity index (χ4v) is 1.92. The number of para-hydroxylation sites is 1. The molecule has 2 N–H and O–H groups in total. The summed E-state index contributed by atoms with van der Waals surface area (Å²) in [5.74, 6) is -2.00. The summed E-state index contributed by atoms with van der Waals surface area (Å²) in [5.41, 5.74) is -0.821. The van der Waals surface area contributed by atoms with Gasteiger partial charge in [0.2, 0.25) is 0 Å². The average molecular weight is 278 g/mol. The Kier molecular flexibility index (Phi) is 3.35. The molecule has 20 heavy (non-hydrogen) atoms. The fraction of sp³-hybridized carbons (Fsp3) is 0.167. The number of nitro groups is 2. The van der Waals surface area contributed by atoms with Crippen molar-refractivity contribution in [2.24, 2.45) is 0 Å². The zero-order valence-corrected chi connectivity index (χ0v) is 10.1. The maximum atomic E-state index is 11.1. The van der Waals surface area contributed by atoms with Crippen molar-refractivity contribution in [2.75, 3.05) is 0 Å². The summed E-state index contributed by atoms with van der Waals surface area (Å²) in [6.45, 7) is 0. The standard InChI is InChI=1S/C12H10N2O6/c15-12(16)6-4-8(5-7-12)9-2-1-3-10(13(17)18)11(9)14(19)20/h1-6,15-16H,7H2. The highest BCUT2D eigenvalue weighted by Gasteiger charge is 2.30. The number of aliphatic hydroxyl groups is 2. The molecule has 2 rings (SSSR count). The first-order chi connectivity index (χ1) is 9.32. The van der Waals surface area contributed by atoms with E-state index in [1.807, 2.05) is 0 Å². The SMILES string of the molecule is O=[N+]([O-])c1cccc(C2=CCC(O)(O)C=C2)c1[N+](=O)[O-]. The van der Waals surface area contributed by atoms with Gasteiger partial charge in [0.05, 0.1) is 15.4 Å². The number of allylic oxidation sites excluding steroid dienone is 2. The Morgan fingerprint density at radius 2 is 1.85 bits per heavy atom. The van der Waals surface area contributed by atoms with Crippen LogP contribution in [0.4, 0.5) is 11.4 Å². The van der Waals surface area contributed by atoms with Crippen molar-refractivity contribution < 1.29 is 20.1 Å². The van der Waals surface area contributed by atoms with Gasteiger partial charge in [-0.3, -0.25) is 20.2 Å². The lowest BCUT2D eigenvalue weighted by Crippen LogP contribution is -2.25. The molecule has 0 aromatic heterocycles. The van der Waals surface area contributed by atoms with Gasteiger partial charge in [0.15, 0.2) is 5.79 Å². The summed E-state index contributed by atoms with van der Waals surface area (Å²) in [7, 11) is 0. The molecule has 0 aliphatic heterocycles. The summed E-state index contributed by atoms with van der Waals surface area (Å²) in [4.78, 5) is 20.3. The van der Waals surface area contributed by atoms with Gasteiger partial charge < -0.3 is 10.2 Å². The van der Waals surface area contributed by atoms with E-state index in [0.29, 0.717) is 5.57 Å². The number of hydrogen-bond donors (Lipinski definition) is 2. The molecular weight excluding hydrogens is 268 g/mol. The first-order valence-electron chi connectivity index (χ1n) is 5.58. The van der Waals surface area contributed by atoms with Crippen LogP contribution in [0.15, 0.2) is 36.4 Å². The Bertz CT molecular complexity index is 647. The Morgan fingerprint density at radius 1 is 1.15 bits per heavy atom. The van der Waals surface area contributed by atoms with E-state index in [2.05, 4.69) is 0 Å². The van der Waals surface area contributed by atoms with Crippen LogP contribution in [-0.4, -0.2) is 25.8 Å². The predicted molar refractivity (Wildman–Crippen MR) is 68.7 cm³/mol. The summed E-state index contributed by atoms with van der Waals surface area (Å²) < 4.78 is 0. The minimum atomic E-state index is -2.00. The molecule has 0 amide bonds. The van der Waals surface area contributed by atoms with Crippen LogP contribution in [0.2, 0.25) is 0 Å². The number of nitro benzene ring substituents is 2. The summed E-state index contributed by atoms with van der Waals surface area (Å²) in [6.07, 6.45) is 3.59. The molecule has 0 spiro atoms. The second kappa shape index (κ2) is 4.83. The van der Waals surface area contributed by atoms with Crippen molar-refractivity contribution in [3.63, 3.8) is 0 Å². The van der Waals surface area contributed by atoms with E-state index in [-0.39, 0.29) is 12.0 Å². The highest BCUT2D eigenvalue weighted by molar-refractivity contribution is 5.83.